The van der Waals surface area contributed by atoms with E-state index in [1.54, 1.807) is 37.3 Å². The first kappa shape index (κ1) is 30.3. The number of terminal acetylenes is 1. The molecular weight excluding hydrogens is 532 g/mol. The molecule has 0 aliphatic heterocycles. The predicted molar refractivity (Wildman–Crippen MR) is 159 cm³/mol. The summed E-state index contributed by atoms with van der Waals surface area (Å²) in [6.45, 7) is 6.01. The Hall–Kier alpha value is -3.15. The van der Waals surface area contributed by atoms with E-state index in [1.807, 2.05) is 0 Å². The van der Waals surface area contributed by atoms with E-state index in [0.717, 1.165) is 50.7 Å². The summed E-state index contributed by atoms with van der Waals surface area (Å²) < 4.78 is 5.08. The van der Waals surface area contributed by atoms with Crippen molar-refractivity contribution in [3.8, 4) is 12.3 Å². The number of allylic oxidation sites excluding steroid dienone is 2. The maximum Gasteiger partial charge on any atom is 0.331 e. The number of carbonyl (C=O) groups is 2. The van der Waals surface area contributed by atoms with E-state index >= 15 is 0 Å². The fourth-order valence-corrected chi connectivity index (χ4v) is 8.63. The van der Waals surface area contributed by atoms with Crippen LogP contribution in [0.4, 0.5) is 0 Å². The summed E-state index contributed by atoms with van der Waals surface area (Å²) in [6, 6.07) is 7.39. The smallest absolute Gasteiger partial charge is 0.331 e. The maximum absolute atomic E-state index is 12.7. The lowest BCUT2D eigenvalue weighted by atomic mass is 9.46. The van der Waals surface area contributed by atoms with Crippen molar-refractivity contribution in [1.82, 2.24) is 5.32 Å². The number of rotatable bonds is 8. The van der Waals surface area contributed by atoms with Crippen LogP contribution in [0, 0.1) is 40.9 Å². The van der Waals surface area contributed by atoms with Crippen LogP contribution in [0.5, 0.6) is 0 Å². The van der Waals surface area contributed by atoms with Crippen molar-refractivity contribution in [1.29, 1.82) is 0 Å². The quantitative estimate of drug-likeness (QED) is 0.239. The van der Waals surface area contributed by atoms with E-state index in [4.69, 9.17) is 16.0 Å². The van der Waals surface area contributed by atoms with Crippen LogP contribution in [0.1, 0.15) is 83.8 Å². The average Bonchev–Trinajstić information content (AvgIpc) is 3.27. The molecule has 3 N–H and O–H groups in total. The number of nitrogens with zero attached hydrogens (tertiary/aromatic N) is 1. The van der Waals surface area contributed by atoms with Crippen LogP contribution in [-0.4, -0.2) is 52.7 Å². The molecule has 4 aliphatic carbocycles. The van der Waals surface area contributed by atoms with Gasteiger partial charge in [-0.3, -0.25) is 4.79 Å². The number of amides is 1. The first-order valence-electron chi connectivity index (χ1n) is 15.4. The number of nitrogens with one attached hydrogen (secondary N) is 1. The Morgan fingerprint density at radius 3 is 2.57 bits per heavy atom. The molecule has 0 spiro atoms. The number of carbonyl (C=O) groups excluding carboxylic acids is 2. The zero-order valence-electron chi connectivity index (χ0n) is 25.0. The van der Waals surface area contributed by atoms with Gasteiger partial charge >= 0.3 is 5.97 Å². The van der Waals surface area contributed by atoms with Gasteiger partial charge in [-0.05, 0) is 93.1 Å². The van der Waals surface area contributed by atoms with Crippen molar-refractivity contribution < 1.29 is 29.4 Å². The number of aliphatic hydroxyl groups is 2. The molecule has 8 heteroatoms. The van der Waals surface area contributed by atoms with Crippen molar-refractivity contribution in [3.05, 3.63) is 47.5 Å². The van der Waals surface area contributed by atoms with Gasteiger partial charge in [-0.1, -0.05) is 60.8 Å². The summed E-state index contributed by atoms with van der Waals surface area (Å²) >= 11 is 0. The first-order chi connectivity index (χ1) is 20.1. The maximum atomic E-state index is 12.7. The van der Waals surface area contributed by atoms with Gasteiger partial charge in [-0.2, -0.15) is 0 Å². The number of hydrogen-bond donors (Lipinski definition) is 3. The minimum Gasteiger partial charge on any atom is -0.464 e. The van der Waals surface area contributed by atoms with Gasteiger partial charge in [0.25, 0.3) is 5.91 Å². The lowest BCUT2D eigenvalue weighted by molar-refractivity contribution is -0.151. The fourth-order valence-electron chi connectivity index (χ4n) is 8.63. The van der Waals surface area contributed by atoms with Crippen LogP contribution in [0.25, 0.3) is 0 Å². The fraction of sp³-hybridized carbons (Fsp3) is 0.618. The first-order valence-corrected chi connectivity index (χ1v) is 15.4. The van der Waals surface area contributed by atoms with Crippen LogP contribution in [-0.2, 0) is 19.2 Å². The Labute approximate surface area is 248 Å². The molecule has 0 radical (unpaired) electrons. The second kappa shape index (κ2) is 11.9. The number of esters is 1. The predicted octanol–water partition coefficient (Wildman–Crippen LogP) is 4.47. The van der Waals surface area contributed by atoms with Crippen molar-refractivity contribution >= 4 is 17.6 Å². The Kier molecular flexibility index (Phi) is 8.55. The molecule has 0 heterocycles. The highest BCUT2D eigenvalue weighted by Crippen LogP contribution is 2.67. The van der Waals surface area contributed by atoms with E-state index < -0.39 is 29.6 Å². The molecule has 0 unspecified atom stereocenters. The van der Waals surface area contributed by atoms with Gasteiger partial charge in [-0.15, -0.1) is 6.42 Å². The molecular formula is C34H44N2O6. The molecule has 226 valence electrons. The molecule has 5 rings (SSSR count). The van der Waals surface area contributed by atoms with E-state index in [1.165, 1.54) is 5.57 Å². The third-order valence-electron chi connectivity index (χ3n) is 11.1. The highest BCUT2D eigenvalue weighted by molar-refractivity contribution is 5.96. The Balaban J connectivity index is 1.21. The molecule has 3 fully saturated rings. The number of hydrogen-bond acceptors (Lipinski definition) is 7. The highest BCUT2D eigenvalue weighted by atomic mass is 16.6. The molecule has 4 aliphatic rings. The number of aliphatic hydroxyl groups excluding tert-OH is 1. The van der Waals surface area contributed by atoms with Gasteiger partial charge in [0, 0.05) is 5.41 Å². The number of ether oxygens (including phenoxy) is 1. The monoisotopic (exact) mass is 576 g/mol. The summed E-state index contributed by atoms with van der Waals surface area (Å²) in [6.07, 6.45) is 14.2. The van der Waals surface area contributed by atoms with Crippen molar-refractivity contribution in [2.24, 2.45) is 33.7 Å². The zero-order chi connectivity index (χ0) is 30.1. The SMILES string of the molecule is C#C[C@@]1(O)CC[C@@H]2[C@@H]3CCC4=CC(=NOCC(=O)N[C@@H](C(=O)OCC)[C@H](O)c5ccccc5)CC[C@@]4(C)[C@H]3CC[C@]21C. The van der Waals surface area contributed by atoms with Crippen molar-refractivity contribution in [3.63, 3.8) is 0 Å². The Morgan fingerprint density at radius 2 is 1.86 bits per heavy atom. The third-order valence-corrected chi connectivity index (χ3v) is 11.1. The Morgan fingerprint density at radius 1 is 1.12 bits per heavy atom. The van der Waals surface area contributed by atoms with E-state index in [0.29, 0.717) is 29.7 Å². The molecule has 8 nitrogen and oxygen atoms in total. The zero-order valence-corrected chi connectivity index (χ0v) is 25.0. The third kappa shape index (κ3) is 5.26. The summed E-state index contributed by atoms with van der Waals surface area (Å²) in [5.74, 6) is 3.03. The molecule has 1 aromatic rings. The lowest BCUT2D eigenvalue weighted by Crippen LogP contribution is -2.54. The molecule has 0 bridgehead atoms. The molecule has 3 saturated carbocycles. The summed E-state index contributed by atoms with van der Waals surface area (Å²) in [4.78, 5) is 30.6. The molecule has 1 amide bonds. The van der Waals surface area contributed by atoms with Crippen molar-refractivity contribution in [2.75, 3.05) is 13.2 Å². The van der Waals surface area contributed by atoms with Gasteiger partial charge < -0.3 is 25.1 Å². The lowest BCUT2D eigenvalue weighted by Gasteiger charge is -2.58. The van der Waals surface area contributed by atoms with Gasteiger partial charge in [0.15, 0.2) is 12.6 Å². The number of fused-ring (bicyclic) bond motifs is 5. The van der Waals surface area contributed by atoms with Crippen LogP contribution < -0.4 is 5.32 Å². The van der Waals surface area contributed by atoms with Crippen LogP contribution in [0.15, 0.2) is 47.1 Å². The number of oxime groups is 1. The van der Waals surface area contributed by atoms with Gasteiger partial charge in [-0.25, -0.2) is 4.79 Å². The summed E-state index contributed by atoms with van der Waals surface area (Å²) in [5.41, 5.74) is 1.57. The molecule has 0 aromatic heterocycles. The van der Waals surface area contributed by atoms with E-state index in [-0.39, 0.29) is 24.0 Å². The minimum absolute atomic E-state index is 0.0813. The van der Waals surface area contributed by atoms with E-state index in [2.05, 4.69) is 36.3 Å². The molecule has 8 atom stereocenters. The highest BCUT2D eigenvalue weighted by Gasteiger charge is 2.63. The van der Waals surface area contributed by atoms with Crippen LogP contribution in [0.3, 0.4) is 0 Å². The van der Waals surface area contributed by atoms with E-state index in [9.17, 15) is 19.8 Å². The van der Waals surface area contributed by atoms with Gasteiger partial charge in [0.05, 0.1) is 12.3 Å². The second-order valence-electron chi connectivity index (χ2n) is 13.0. The molecule has 1 aromatic carbocycles. The van der Waals surface area contributed by atoms with Crippen LogP contribution in [0.2, 0.25) is 0 Å². The second-order valence-corrected chi connectivity index (χ2v) is 13.0. The average molecular weight is 577 g/mol. The standard InChI is InChI=1S/C34H44N2O6/c1-5-34(40)19-16-27-25-13-12-23-20-24(14-17-32(23,3)26(25)15-18-33(27,34)4)36-42-21-28(37)35-29(31(39)41-6-2)30(38)22-10-8-7-9-11-22/h1,7-11,20,25-27,29-30,38,40H,6,12-19,21H2,2-4H3,(H,35,37)/t25-,26+,27-,29-,30-,32-,33-,34-/m1/s1. The molecule has 0 saturated heterocycles. The van der Waals surface area contributed by atoms with Crippen molar-refractivity contribution in [2.45, 2.75) is 89.9 Å². The molecule has 42 heavy (non-hydrogen) atoms. The largest absolute Gasteiger partial charge is 0.464 e. The minimum atomic E-state index is -1.27. The Bertz CT molecular complexity index is 1290. The van der Waals surface area contributed by atoms with Crippen LogP contribution >= 0.6 is 0 Å². The number of benzene rings is 1. The topological polar surface area (TPSA) is 117 Å². The summed E-state index contributed by atoms with van der Waals surface area (Å²) in [5, 5.41) is 28.8. The summed E-state index contributed by atoms with van der Waals surface area (Å²) in [7, 11) is 0. The van der Waals surface area contributed by atoms with Gasteiger partial charge in [0.2, 0.25) is 0 Å². The van der Waals surface area contributed by atoms with Gasteiger partial charge in [0.1, 0.15) is 11.7 Å². The normalized spacial score (nSPS) is 35.9.